The zero-order valence-electron chi connectivity index (χ0n) is 21.0. The Labute approximate surface area is 225 Å². The van der Waals surface area contributed by atoms with Crippen molar-refractivity contribution in [2.24, 2.45) is 0 Å². The number of aromatic nitrogens is 3. The number of nitrogens with one attached hydrogen (secondary N) is 3. The normalized spacial score (nSPS) is 16.8. The molecule has 0 saturated carbocycles. The van der Waals surface area contributed by atoms with E-state index in [0.29, 0.717) is 34.3 Å². The number of aryl methyl sites for hydroxylation is 1. The monoisotopic (exact) mass is 558 g/mol. The molecule has 5 rings (SSSR count). The van der Waals surface area contributed by atoms with Crippen LogP contribution < -0.4 is 20.1 Å². The van der Waals surface area contributed by atoms with Gasteiger partial charge in [-0.3, -0.25) is 0 Å². The van der Waals surface area contributed by atoms with Crippen molar-refractivity contribution in [2.75, 3.05) is 28.9 Å². The molecule has 0 bridgehead atoms. The van der Waals surface area contributed by atoms with Crippen molar-refractivity contribution in [1.29, 1.82) is 0 Å². The van der Waals surface area contributed by atoms with Crippen LogP contribution >= 0.6 is 11.3 Å². The number of piperidine rings is 1. The van der Waals surface area contributed by atoms with Crippen molar-refractivity contribution in [3.05, 3.63) is 53.7 Å². The molecule has 8 nitrogen and oxygen atoms in total. The SMILES string of the molecule is Cc1nc(Oc2ccc(NS(=O)CC(C)(F)F)c3ccccc23)c(-c2ccnc(NC3CCCNC3)n2)s1. The Hall–Kier alpha value is -3.22. The van der Waals surface area contributed by atoms with E-state index >= 15 is 0 Å². The van der Waals surface area contributed by atoms with Gasteiger partial charge in [-0.25, -0.2) is 27.9 Å². The van der Waals surface area contributed by atoms with Crippen molar-refractivity contribution in [3.8, 4) is 22.2 Å². The Morgan fingerprint density at radius 3 is 2.76 bits per heavy atom. The first-order valence-electron chi connectivity index (χ1n) is 12.3. The summed E-state index contributed by atoms with van der Waals surface area (Å²) in [4.78, 5) is 14.5. The molecule has 2 aromatic heterocycles. The van der Waals surface area contributed by atoms with Gasteiger partial charge in [0.05, 0.1) is 16.4 Å². The topological polar surface area (TPSA) is 101 Å². The second-order valence-electron chi connectivity index (χ2n) is 9.24. The Morgan fingerprint density at radius 1 is 1.18 bits per heavy atom. The minimum Gasteiger partial charge on any atom is -0.437 e. The maximum atomic E-state index is 13.3. The fourth-order valence-electron chi connectivity index (χ4n) is 4.29. The van der Waals surface area contributed by atoms with E-state index in [1.165, 1.54) is 11.3 Å². The van der Waals surface area contributed by atoms with Crippen molar-refractivity contribution in [3.63, 3.8) is 0 Å². The molecule has 0 radical (unpaired) electrons. The molecular weight excluding hydrogens is 530 g/mol. The van der Waals surface area contributed by atoms with Crippen molar-refractivity contribution < 1.29 is 17.7 Å². The van der Waals surface area contributed by atoms with Gasteiger partial charge in [-0.1, -0.05) is 24.3 Å². The van der Waals surface area contributed by atoms with Crippen LogP contribution in [0.1, 0.15) is 24.8 Å². The zero-order valence-corrected chi connectivity index (χ0v) is 22.6. The Balaban J connectivity index is 1.42. The molecule has 2 unspecified atom stereocenters. The van der Waals surface area contributed by atoms with Crippen molar-refractivity contribution >= 4 is 44.7 Å². The third-order valence-corrected chi connectivity index (χ3v) is 8.11. The summed E-state index contributed by atoms with van der Waals surface area (Å²) in [6.07, 6.45) is 3.88. The molecule has 200 valence electrons. The molecular formula is C26H28F2N6O2S2. The Kier molecular flexibility index (Phi) is 7.82. The highest BCUT2D eigenvalue weighted by atomic mass is 32.2. The highest BCUT2D eigenvalue weighted by Crippen LogP contribution is 2.40. The van der Waals surface area contributed by atoms with Gasteiger partial charge < -0.3 is 20.1 Å². The summed E-state index contributed by atoms with van der Waals surface area (Å²) in [5, 5.41) is 9.02. The third kappa shape index (κ3) is 6.43. The third-order valence-electron chi connectivity index (χ3n) is 5.92. The van der Waals surface area contributed by atoms with E-state index in [1.807, 2.05) is 37.3 Å². The molecule has 12 heteroatoms. The molecule has 0 aliphatic carbocycles. The van der Waals surface area contributed by atoms with E-state index in [2.05, 4.69) is 25.3 Å². The van der Waals surface area contributed by atoms with Crippen LogP contribution in [0.25, 0.3) is 21.3 Å². The summed E-state index contributed by atoms with van der Waals surface area (Å²) in [7, 11) is -1.95. The van der Waals surface area contributed by atoms with Gasteiger partial charge >= 0.3 is 0 Å². The maximum Gasteiger partial charge on any atom is 0.258 e. The molecule has 1 aliphatic rings. The first kappa shape index (κ1) is 26.4. The van der Waals surface area contributed by atoms with Crippen LogP contribution in [0.3, 0.4) is 0 Å². The molecule has 0 spiro atoms. The van der Waals surface area contributed by atoms with Gasteiger partial charge in [0.2, 0.25) is 11.8 Å². The van der Waals surface area contributed by atoms with E-state index in [1.54, 1.807) is 18.3 Å². The summed E-state index contributed by atoms with van der Waals surface area (Å²) in [5.74, 6) is -2.32. The molecule has 1 saturated heterocycles. The van der Waals surface area contributed by atoms with Crippen LogP contribution in [-0.2, 0) is 11.0 Å². The number of fused-ring (bicyclic) bond motifs is 1. The predicted octanol–water partition coefficient (Wildman–Crippen LogP) is 5.75. The molecule has 2 aromatic carbocycles. The van der Waals surface area contributed by atoms with E-state index < -0.39 is 22.7 Å². The number of thiazole rings is 1. The molecule has 4 aromatic rings. The lowest BCUT2D eigenvalue weighted by atomic mass is 10.1. The van der Waals surface area contributed by atoms with Crippen LogP contribution in [0.15, 0.2) is 48.7 Å². The van der Waals surface area contributed by atoms with E-state index in [9.17, 15) is 13.0 Å². The van der Waals surface area contributed by atoms with E-state index in [4.69, 9.17) is 9.72 Å². The van der Waals surface area contributed by atoms with Gasteiger partial charge in [-0.15, -0.1) is 11.3 Å². The second-order valence-corrected chi connectivity index (χ2v) is 11.6. The second kappa shape index (κ2) is 11.3. The lowest BCUT2D eigenvalue weighted by molar-refractivity contribution is 0.0484. The fourth-order valence-corrected chi connectivity index (χ4v) is 6.07. The first-order chi connectivity index (χ1) is 18.2. The van der Waals surface area contributed by atoms with Crippen LogP contribution in [0.2, 0.25) is 0 Å². The number of ether oxygens (including phenoxy) is 1. The van der Waals surface area contributed by atoms with Gasteiger partial charge in [0.25, 0.3) is 5.92 Å². The molecule has 3 heterocycles. The highest BCUT2D eigenvalue weighted by Gasteiger charge is 2.25. The molecule has 3 N–H and O–H groups in total. The quantitative estimate of drug-likeness (QED) is 0.241. The lowest BCUT2D eigenvalue weighted by Gasteiger charge is -2.23. The highest BCUT2D eigenvalue weighted by molar-refractivity contribution is 7.86. The van der Waals surface area contributed by atoms with Crippen LogP contribution in [0, 0.1) is 6.92 Å². The predicted molar refractivity (Wildman–Crippen MR) is 149 cm³/mol. The van der Waals surface area contributed by atoms with Gasteiger partial charge in [0.1, 0.15) is 27.4 Å². The molecule has 0 amide bonds. The van der Waals surface area contributed by atoms with Gasteiger partial charge in [0, 0.05) is 36.5 Å². The molecule has 1 fully saturated rings. The van der Waals surface area contributed by atoms with Crippen LogP contribution in [0.5, 0.6) is 11.6 Å². The maximum absolute atomic E-state index is 13.3. The smallest absolute Gasteiger partial charge is 0.258 e. The average molecular weight is 559 g/mol. The summed E-state index contributed by atoms with van der Waals surface area (Å²) in [6.45, 7) is 4.55. The number of hydrogen-bond acceptors (Lipinski definition) is 8. The molecule has 2 atom stereocenters. The number of rotatable bonds is 9. The zero-order chi connectivity index (χ0) is 26.7. The largest absolute Gasteiger partial charge is 0.437 e. The Morgan fingerprint density at radius 2 is 2.00 bits per heavy atom. The summed E-state index contributed by atoms with van der Waals surface area (Å²) < 4.78 is 48.0. The number of benzene rings is 2. The summed E-state index contributed by atoms with van der Waals surface area (Å²) in [6, 6.07) is 12.8. The number of nitrogens with zero attached hydrogens (tertiary/aromatic N) is 3. The van der Waals surface area contributed by atoms with Gasteiger partial charge in [-0.2, -0.15) is 0 Å². The van der Waals surface area contributed by atoms with Gasteiger partial charge in [-0.05, 0) is 44.5 Å². The van der Waals surface area contributed by atoms with Gasteiger partial charge in [0.15, 0.2) is 0 Å². The van der Waals surface area contributed by atoms with Crippen LogP contribution in [-0.4, -0.2) is 50.0 Å². The Bertz CT molecular complexity index is 1450. The van der Waals surface area contributed by atoms with Crippen molar-refractivity contribution in [2.45, 2.75) is 38.7 Å². The number of alkyl halides is 2. The summed E-state index contributed by atoms with van der Waals surface area (Å²) >= 11 is 1.47. The molecule has 38 heavy (non-hydrogen) atoms. The average Bonchev–Trinajstić information content (AvgIpc) is 3.25. The van der Waals surface area contributed by atoms with Crippen molar-refractivity contribution in [1.82, 2.24) is 20.3 Å². The first-order valence-corrected chi connectivity index (χ1v) is 14.4. The fraction of sp³-hybridized carbons (Fsp3) is 0.346. The minimum absolute atomic E-state index is 0.272. The lowest BCUT2D eigenvalue weighted by Crippen LogP contribution is -2.38. The van der Waals surface area contributed by atoms with Crippen LogP contribution in [0.4, 0.5) is 20.4 Å². The standard InChI is InChI=1S/C26H28F2N6O2S2/c1-16-31-24(23(37-16)21-11-13-30-25(33-21)32-17-6-5-12-29-14-17)36-22-10-9-20(18-7-3-4-8-19(18)22)34-38(35)15-26(2,27)28/h3-4,7-11,13,17,29,34H,5-6,12,14-15H2,1-2H3,(H,30,32,33). The number of hydrogen-bond donors (Lipinski definition) is 3. The number of anilines is 2. The van der Waals surface area contributed by atoms with E-state index in [-0.39, 0.29) is 6.04 Å². The minimum atomic E-state index is -3.04. The van der Waals surface area contributed by atoms with E-state index in [0.717, 1.165) is 48.1 Å². The number of halogens is 2. The molecule has 1 aliphatic heterocycles. The summed E-state index contributed by atoms with van der Waals surface area (Å²) in [5.41, 5.74) is 1.18.